The molecule has 0 radical (unpaired) electrons. The first-order chi connectivity index (χ1) is 8.41. The minimum atomic E-state index is -4.67. The third kappa shape index (κ3) is 3.39. The van der Waals surface area contributed by atoms with E-state index in [1.54, 1.807) is 0 Å². The van der Waals surface area contributed by atoms with Crippen LogP contribution in [0.2, 0.25) is 0 Å². The fourth-order valence-electron chi connectivity index (χ4n) is 2.60. The lowest BCUT2D eigenvalue weighted by Gasteiger charge is -2.21. The molecule has 6 heteroatoms. The van der Waals surface area contributed by atoms with Crippen molar-refractivity contribution in [3.8, 4) is 0 Å². The van der Waals surface area contributed by atoms with Gasteiger partial charge in [-0.05, 0) is 24.8 Å². The lowest BCUT2D eigenvalue weighted by atomic mass is 9.91. The number of hydrogen-bond acceptors (Lipinski definition) is 1. The van der Waals surface area contributed by atoms with Crippen molar-refractivity contribution in [2.75, 3.05) is 0 Å². The highest BCUT2D eigenvalue weighted by Crippen LogP contribution is 2.38. The summed E-state index contributed by atoms with van der Waals surface area (Å²) in [6, 6.07) is 2.68. The summed E-state index contributed by atoms with van der Waals surface area (Å²) in [7, 11) is 0. The van der Waals surface area contributed by atoms with Crippen molar-refractivity contribution in [1.29, 1.82) is 0 Å². The van der Waals surface area contributed by atoms with Gasteiger partial charge in [0, 0.05) is 11.6 Å². The Morgan fingerprint density at radius 1 is 1.16 bits per heavy atom. The Balaban J connectivity index is 0.00000180. The summed E-state index contributed by atoms with van der Waals surface area (Å²) in [6.45, 7) is 0. The van der Waals surface area contributed by atoms with Gasteiger partial charge in [-0.3, -0.25) is 0 Å². The molecule has 1 atom stereocenters. The van der Waals surface area contributed by atoms with Gasteiger partial charge >= 0.3 is 6.18 Å². The van der Waals surface area contributed by atoms with Gasteiger partial charge in [0.1, 0.15) is 5.82 Å². The molecule has 108 valence electrons. The Morgan fingerprint density at radius 3 is 2.26 bits per heavy atom. The third-order valence-electron chi connectivity index (χ3n) is 3.60. The van der Waals surface area contributed by atoms with E-state index in [0.717, 1.165) is 31.7 Å². The van der Waals surface area contributed by atoms with Crippen molar-refractivity contribution in [3.05, 3.63) is 35.1 Å². The van der Waals surface area contributed by atoms with Gasteiger partial charge in [0.15, 0.2) is 0 Å². The second-order valence-electron chi connectivity index (χ2n) is 4.78. The van der Waals surface area contributed by atoms with E-state index in [0.29, 0.717) is 0 Å². The van der Waals surface area contributed by atoms with Gasteiger partial charge in [-0.25, -0.2) is 4.39 Å². The molecule has 2 N–H and O–H groups in total. The molecule has 1 saturated carbocycles. The Labute approximate surface area is 115 Å². The van der Waals surface area contributed by atoms with Gasteiger partial charge in [-0.1, -0.05) is 25.0 Å². The van der Waals surface area contributed by atoms with Crippen molar-refractivity contribution in [2.45, 2.75) is 37.9 Å². The second kappa shape index (κ2) is 6.09. The summed E-state index contributed by atoms with van der Waals surface area (Å²) >= 11 is 0. The molecule has 0 heterocycles. The van der Waals surface area contributed by atoms with E-state index in [9.17, 15) is 17.6 Å². The van der Waals surface area contributed by atoms with Gasteiger partial charge in [0.25, 0.3) is 0 Å². The minimum Gasteiger partial charge on any atom is -0.324 e. The van der Waals surface area contributed by atoms with Crippen LogP contribution in [0.15, 0.2) is 18.2 Å². The van der Waals surface area contributed by atoms with Crippen LogP contribution in [-0.4, -0.2) is 0 Å². The van der Waals surface area contributed by atoms with E-state index in [1.165, 1.54) is 12.1 Å². The molecule has 19 heavy (non-hydrogen) atoms. The zero-order valence-electron chi connectivity index (χ0n) is 10.2. The summed E-state index contributed by atoms with van der Waals surface area (Å²) in [6.07, 6.45) is -0.929. The molecule has 0 unspecified atom stereocenters. The van der Waals surface area contributed by atoms with Gasteiger partial charge < -0.3 is 5.73 Å². The van der Waals surface area contributed by atoms with E-state index in [4.69, 9.17) is 5.73 Å². The monoisotopic (exact) mass is 297 g/mol. The normalized spacial score (nSPS) is 18.2. The van der Waals surface area contributed by atoms with Gasteiger partial charge in [0.05, 0.1) is 5.56 Å². The Kier molecular flexibility index (Phi) is 5.21. The van der Waals surface area contributed by atoms with Gasteiger partial charge in [-0.15, -0.1) is 12.4 Å². The third-order valence-corrected chi connectivity index (χ3v) is 3.60. The average Bonchev–Trinajstić information content (AvgIpc) is 2.80. The molecule has 1 nitrogen and oxygen atoms in total. The van der Waals surface area contributed by atoms with E-state index in [2.05, 4.69) is 0 Å². The van der Waals surface area contributed by atoms with Crippen molar-refractivity contribution < 1.29 is 17.6 Å². The summed E-state index contributed by atoms with van der Waals surface area (Å²) in [5, 5.41) is 0. The van der Waals surface area contributed by atoms with Crippen LogP contribution in [0.1, 0.15) is 42.9 Å². The average molecular weight is 298 g/mol. The molecule has 1 aromatic carbocycles. The number of halogens is 5. The highest BCUT2D eigenvalue weighted by molar-refractivity contribution is 5.85. The number of benzene rings is 1. The Hall–Kier alpha value is -0.810. The number of alkyl halides is 3. The van der Waals surface area contributed by atoms with Crippen molar-refractivity contribution in [1.82, 2.24) is 0 Å². The smallest absolute Gasteiger partial charge is 0.324 e. The lowest BCUT2D eigenvalue weighted by Crippen LogP contribution is -2.22. The highest BCUT2D eigenvalue weighted by atomic mass is 35.5. The van der Waals surface area contributed by atoms with Gasteiger partial charge in [0.2, 0.25) is 0 Å². The van der Waals surface area contributed by atoms with Crippen molar-refractivity contribution in [2.24, 2.45) is 11.7 Å². The molecule has 1 aliphatic carbocycles. The fraction of sp³-hybridized carbons (Fsp3) is 0.538. The Morgan fingerprint density at radius 2 is 1.74 bits per heavy atom. The molecule has 1 fully saturated rings. The maximum atomic E-state index is 13.9. The van der Waals surface area contributed by atoms with Crippen molar-refractivity contribution in [3.63, 3.8) is 0 Å². The maximum absolute atomic E-state index is 13.9. The predicted octanol–water partition coefficient (Wildman–Crippen LogP) is 4.46. The first-order valence-corrected chi connectivity index (χ1v) is 6.02. The van der Waals surface area contributed by atoms with Crippen LogP contribution in [0, 0.1) is 11.7 Å². The van der Waals surface area contributed by atoms with Crippen molar-refractivity contribution >= 4 is 12.4 Å². The molecular weight excluding hydrogens is 282 g/mol. The molecule has 0 saturated heterocycles. The van der Waals surface area contributed by atoms with Crippen LogP contribution in [0.4, 0.5) is 17.6 Å². The SMILES string of the molecule is Cl.N[C@H](c1cccc(C(F)(F)F)c1F)C1CCCC1. The highest BCUT2D eigenvalue weighted by Gasteiger charge is 2.36. The minimum absolute atomic E-state index is 0. The summed E-state index contributed by atoms with van der Waals surface area (Å²) < 4.78 is 51.6. The zero-order chi connectivity index (χ0) is 13.3. The second-order valence-corrected chi connectivity index (χ2v) is 4.78. The molecule has 0 amide bonds. The molecule has 0 aromatic heterocycles. The first kappa shape index (κ1) is 16.2. The zero-order valence-corrected chi connectivity index (χ0v) is 11.0. The van der Waals surface area contributed by atoms with Gasteiger partial charge in [-0.2, -0.15) is 13.2 Å². The molecule has 1 aromatic rings. The number of nitrogens with two attached hydrogens (primary N) is 1. The number of rotatable bonds is 2. The van der Waals surface area contributed by atoms with E-state index in [-0.39, 0.29) is 23.9 Å². The molecule has 0 spiro atoms. The summed E-state index contributed by atoms with van der Waals surface area (Å²) in [5.74, 6) is -1.13. The Bertz CT molecular complexity index is 427. The topological polar surface area (TPSA) is 26.0 Å². The quantitative estimate of drug-likeness (QED) is 0.802. The lowest BCUT2D eigenvalue weighted by molar-refractivity contribution is -0.140. The molecule has 1 aliphatic rings. The fourth-order valence-corrected chi connectivity index (χ4v) is 2.60. The maximum Gasteiger partial charge on any atom is 0.419 e. The largest absolute Gasteiger partial charge is 0.419 e. The summed E-state index contributed by atoms with van der Waals surface area (Å²) in [4.78, 5) is 0. The van der Waals surface area contributed by atoms with E-state index < -0.39 is 23.6 Å². The van der Waals surface area contributed by atoms with Crippen LogP contribution in [0.5, 0.6) is 0 Å². The summed E-state index contributed by atoms with van der Waals surface area (Å²) in [5.41, 5.74) is 4.66. The standard InChI is InChI=1S/C13H15F4N.ClH/c14-11-9(12(18)8-4-1-2-5-8)6-3-7-10(11)13(15,16)17;/h3,6-8,12H,1-2,4-5,18H2;1H/t12-;/m0./s1. The molecular formula is C13H16ClF4N. The molecule has 0 aliphatic heterocycles. The molecule has 0 bridgehead atoms. The predicted molar refractivity (Wildman–Crippen MR) is 67.5 cm³/mol. The van der Waals surface area contributed by atoms with Crippen LogP contribution in [0.3, 0.4) is 0 Å². The molecule has 2 rings (SSSR count). The van der Waals surface area contributed by atoms with E-state index >= 15 is 0 Å². The first-order valence-electron chi connectivity index (χ1n) is 6.02. The van der Waals surface area contributed by atoms with E-state index in [1.807, 2.05) is 0 Å². The van der Waals surface area contributed by atoms with Crippen LogP contribution in [0.25, 0.3) is 0 Å². The van der Waals surface area contributed by atoms with Crippen LogP contribution >= 0.6 is 12.4 Å². The number of hydrogen-bond donors (Lipinski definition) is 1. The van der Waals surface area contributed by atoms with Crippen LogP contribution < -0.4 is 5.73 Å². The van der Waals surface area contributed by atoms with Crippen LogP contribution in [-0.2, 0) is 6.18 Å².